The van der Waals surface area contributed by atoms with Crippen LogP contribution in [-0.4, -0.2) is 27.6 Å². The molecule has 1 saturated carbocycles. The number of carbonyl (C=O) groups excluding carboxylic acids is 1. The highest BCUT2D eigenvalue weighted by Crippen LogP contribution is 2.36. The van der Waals surface area contributed by atoms with Gasteiger partial charge in [-0.15, -0.1) is 5.10 Å². The fourth-order valence-corrected chi connectivity index (χ4v) is 1.91. The molecule has 1 amide bonds. The average molecular weight is 236 g/mol. The maximum Gasteiger partial charge on any atom is 0.290 e. The van der Waals surface area contributed by atoms with Crippen LogP contribution in [0.15, 0.2) is 0 Å². The first-order valence-corrected chi connectivity index (χ1v) is 6.40. The Morgan fingerprint density at radius 1 is 1.59 bits per heavy atom. The van der Waals surface area contributed by atoms with Gasteiger partial charge in [0, 0.05) is 13.0 Å². The van der Waals surface area contributed by atoms with Crippen LogP contribution >= 0.6 is 0 Å². The SMILES string of the molecule is CCCc1nc(C(=O)NCC(C)C2CC2)n[nH]1. The zero-order valence-corrected chi connectivity index (χ0v) is 10.5. The van der Waals surface area contributed by atoms with Crippen molar-refractivity contribution in [3.05, 3.63) is 11.6 Å². The number of aromatic amines is 1. The monoisotopic (exact) mass is 236 g/mol. The van der Waals surface area contributed by atoms with E-state index in [9.17, 15) is 4.79 Å². The second-order valence-electron chi connectivity index (χ2n) is 4.88. The van der Waals surface area contributed by atoms with Gasteiger partial charge in [0.2, 0.25) is 5.82 Å². The van der Waals surface area contributed by atoms with E-state index in [1.54, 1.807) is 0 Å². The van der Waals surface area contributed by atoms with Crippen LogP contribution in [0.3, 0.4) is 0 Å². The number of nitrogens with zero attached hydrogens (tertiary/aromatic N) is 2. The highest BCUT2D eigenvalue weighted by Gasteiger charge is 2.28. The Balaban J connectivity index is 1.81. The lowest BCUT2D eigenvalue weighted by Gasteiger charge is -2.09. The van der Waals surface area contributed by atoms with Gasteiger partial charge in [-0.2, -0.15) is 0 Å². The number of nitrogens with one attached hydrogen (secondary N) is 2. The third-order valence-electron chi connectivity index (χ3n) is 3.23. The molecule has 2 N–H and O–H groups in total. The molecule has 1 atom stereocenters. The lowest BCUT2D eigenvalue weighted by atomic mass is 10.1. The van der Waals surface area contributed by atoms with E-state index in [1.165, 1.54) is 12.8 Å². The van der Waals surface area contributed by atoms with Crippen molar-refractivity contribution in [1.82, 2.24) is 20.5 Å². The molecule has 1 aromatic rings. The molecule has 0 saturated heterocycles. The van der Waals surface area contributed by atoms with Crippen molar-refractivity contribution < 1.29 is 4.79 Å². The molecule has 94 valence electrons. The first-order chi connectivity index (χ1) is 8.20. The minimum absolute atomic E-state index is 0.170. The third kappa shape index (κ3) is 3.28. The van der Waals surface area contributed by atoms with E-state index >= 15 is 0 Å². The molecule has 5 nitrogen and oxygen atoms in total. The minimum Gasteiger partial charge on any atom is -0.349 e. The second-order valence-corrected chi connectivity index (χ2v) is 4.88. The highest BCUT2D eigenvalue weighted by molar-refractivity contribution is 5.90. The summed E-state index contributed by atoms with van der Waals surface area (Å²) in [6.45, 7) is 4.97. The zero-order chi connectivity index (χ0) is 12.3. The smallest absolute Gasteiger partial charge is 0.290 e. The first-order valence-electron chi connectivity index (χ1n) is 6.40. The molecule has 2 rings (SSSR count). The molecule has 0 bridgehead atoms. The first kappa shape index (κ1) is 12.1. The second kappa shape index (κ2) is 5.29. The van der Waals surface area contributed by atoms with E-state index in [0.29, 0.717) is 5.92 Å². The fraction of sp³-hybridized carbons (Fsp3) is 0.750. The summed E-state index contributed by atoms with van der Waals surface area (Å²) in [5.74, 6) is 2.24. The van der Waals surface area contributed by atoms with Crippen LogP contribution in [-0.2, 0) is 6.42 Å². The Labute approximate surface area is 101 Å². The molecule has 17 heavy (non-hydrogen) atoms. The average Bonchev–Trinajstić information content (AvgIpc) is 3.07. The van der Waals surface area contributed by atoms with Gasteiger partial charge >= 0.3 is 0 Å². The fourth-order valence-electron chi connectivity index (χ4n) is 1.91. The molecule has 1 aliphatic carbocycles. The number of hydrogen-bond acceptors (Lipinski definition) is 3. The summed E-state index contributed by atoms with van der Waals surface area (Å²) in [6.07, 6.45) is 4.43. The van der Waals surface area contributed by atoms with Gasteiger partial charge in [0.05, 0.1) is 0 Å². The van der Waals surface area contributed by atoms with Crippen LogP contribution in [0.2, 0.25) is 0 Å². The molecule has 0 aliphatic heterocycles. The summed E-state index contributed by atoms with van der Waals surface area (Å²) >= 11 is 0. The molecule has 0 aromatic carbocycles. The largest absolute Gasteiger partial charge is 0.349 e. The van der Waals surface area contributed by atoms with Gasteiger partial charge in [0.1, 0.15) is 5.82 Å². The normalized spacial score (nSPS) is 16.8. The van der Waals surface area contributed by atoms with Gasteiger partial charge in [-0.3, -0.25) is 9.89 Å². The molecular formula is C12H20N4O. The lowest BCUT2D eigenvalue weighted by molar-refractivity contribution is 0.0936. The highest BCUT2D eigenvalue weighted by atomic mass is 16.2. The summed E-state index contributed by atoms with van der Waals surface area (Å²) in [7, 11) is 0. The van der Waals surface area contributed by atoms with Crippen molar-refractivity contribution in [2.24, 2.45) is 11.8 Å². The van der Waals surface area contributed by atoms with Crippen molar-refractivity contribution >= 4 is 5.91 Å². The lowest BCUT2D eigenvalue weighted by Crippen LogP contribution is -2.29. The van der Waals surface area contributed by atoms with E-state index in [4.69, 9.17) is 0 Å². The van der Waals surface area contributed by atoms with Gasteiger partial charge in [0.15, 0.2) is 0 Å². The van der Waals surface area contributed by atoms with Gasteiger partial charge in [0.25, 0.3) is 5.91 Å². The number of H-pyrrole nitrogens is 1. The quantitative estimate of drug-likeness (QED) is 0.787. The number of aryl methyl sites for hydroxylation is 1. The van der Waals surface area contributed by atoms with Gasteiger partial charge in [-0.05, 0) is 31.1 Å². The number of hydrogen-bond donors (Lipinski definition) is 2. The summed E-state index contributed by atoms with van der Waals surface area (Å²) in [4.78, 5) is 15.9. The van der Waals surface area contributed by atoms with Crippen molar-refractivity contribution in [1.29, 1.82) is 0 Å². The van der Waals surface area contributed by atoms with Crippen LogP contribution in [0.4, 0.5) is 0 Å². The van der Waals surface area contributed by atoms with E-state index in [2.05, 4.69) is 34.3 Å². The van der Waals surface area contributed by atoms with E-state index in [0.717, 1.165) is 31.1 Å². The van der Waals surface area contributed by atoms with Crippen molar-refractivity contribution in [3.8, 4) is 0 Å². The van der Waals surface area contributed by atoms with Crippen molar-refractivity contribution in [2.45, 2.75) is 39.5 Å². The van der Waals surface area contributed by atoms with E-state index in [-0.39, 0.29) is 11.7 Å². The summed E-state index contributed by atoms with van der Waals surface area (Å²) < 4.78 is 0. The molecular weight excluding hydrogens is 216 g/mol. The third-order valence-corrected chi connectivity index (χ3v) is 3.23. The van der Waals surface area contributed by atoms with Gasteiger partial charge < -0.3 is 5.32 Å². The Morgan fingerprint density at radius 3 is 3.00 bits per heavy atom. The predicted octanol–water partition coefficient (Wildman–Crippen LogP) is 1.53. The zero-order valence-electron chi connectivity index (χ0n) is 10.5. The predicted molar refractivity (Wildman–Crippen MR) is 64.6 cm³/mol. The van der Waals surface area contributed by atoms with E-state index < -0.39 is 0 Å². The topological polar surface area (TPSA) is 70.7 Å². The van der Waals surface area contributed by atoms with Crippen molar-refractivity contribution in [2.75, 3.05) is 6.54 Å². The molecule has 5 heteroatoms. The Kier molecular flexibility index (Phi) is 3.76. The number of rotatable bonds is 6. The van der Waals surface area contributed by atoms with Gasteiger partial charge in [-0.1, -0.05) is 13.8 Å². The van der Waals surface area contributed by atoms with Crippen LogP contribution < -0.4 is 5.32 Å². The summed E-state index contributed by atoms with van der Waals surface area (Å²) in [5.41, 5.74) is 0. The molecule has 1 aromatic heterocycles. The van der Waals surface area contributed by atoms with Crippen LogP contribution in [0.25, 0.3) is 0 Å². The Bertz CT molecular complexity index is 384. The maximum atomic E-state index is 11.8. The molecule has 1 unspecified atom stereocenters. The minimum atomic E-state index is -0.170. The Hall–Kier alpha value is -1.39. The summed E-state index contributed by atoms with van der Waals surface area (Å²) in [6, 6.07) is 0. The van der Waals surface area contributed by atoms with Crippen LogP contribution in [0, 0.1) is 11.8 Å². The van der Waals surface area contributed by atoms with Gasteiger partial charge in [-0.25, -0.2) is 4.98 Å². The van der Waals surface area contributed by atoms with Crippen LogP contribution in [0.1, 0.15) is 49.6 Å². The maximum absolute atomic E-state index is 11.8. The van der Waals surface area contributed by atoms with Crippen LogP contribution in [0.5, 0.6) is 0 Å². The standard InChI is InChI=1S/C12H20N4O/c1-3-4-10-14-11(16-15-10)12(17)13-7-8(2)9-5-6-9/h8-9H,3-7H2,1-2H3,(H,13,17)(H,14,15,16). The number of amides is 1. The Morgan fingerprint density at radius 2 is 2.35 bits per heavy atom. The molecule has 0 spiro atoms. The summed E-state index contributed by atoms with van der Waals surface area (Å²) in [5, 5.41) is 9.60. The molecule has 1 fully saturated rings. The number of carbonyl (C=O) groups is 1. The molecule has 1 aliphatic rings. The number of aromatic nitrogens is 3. The van der Waals surface area contributed by atoms with Crippen molar-refractivity contribution in [3.63, 3.8) is 0 Å². The molecule has 1 heterocycles. The molecule has 0 radical (unpaired) electrons. The van der Waals surface area contributed by atoms with E-state index in [1.807, 2.05) is 0 Å².